The Morgan fingerprint density at radius 2 is 1.77 bits per heavy atom. The van der Waals surface area contributed by atoms with Crippen LogP contribution in [0.1, 0.15) is 23.6 Å². The van der Waals surface area contributed by atoms with Crippen molar-refractivity contribution >= 4 is 10.9 Å². The van der Waals surface area contributed by atoms with Gasteiger partial charge in [0, 0.05) is 23.3 Å². The highest BCUT2D eigenvalue weighted by atomic mass is 19.1. The summed E-state index contributed by atoms with van der Waals surface area (Å²) >= 11 is 0. The highest BCUT2D eigenvalue weighted by Crippen LogP contribution is 2.26. The molecule has 0 bridgehead atoms. The minimum Gasteiger partial charge on any atom is -0.207 e. The van der Waals surface area contributed by atoms with Gasteiger partial charge in [-0.2, -0.15) is 4.57 Å². The molecule has 0 saturated carbocycles. The minimum absolute atomic E-state index is 0.116. The van der Waals surface area contributed by atoms with E-state index in [2.05, 4.69) is 49.7 Å². The highest BCUT2D eigenvalue weighted by Gasteiger charge is 2.18. The highest BCUT2D eigenvalue weighted by molar-refractivity contribution is 5.81. The fraction of sp³-hybridized carbons (Fsp3) is 0.250. The summed E-state index contributed by atoms with van der Waals surface area (Å²) in [5, 5.41) is 0.999. The second-order valence-corrected chi connectivity index (χ2v) is 5.91. The Kier molecular flexibility index (Phi) is 3.69. The maximum atomic E-state index is 14.0. The zero-order valence-electron chi connectivity index (χ0n) is 13.6. The van der Waals surface area contributed by atoms with Gasteiger partial charge in [-0.25, -0.2) is 4.39 Å². The third-order valence-corrected chi connectivity index (χ3v) is 4.43. The molecule has 0 aliphatic heterocycles. The summed E-state index contributed by atoms with van der Waals surface area (Å²) in [6.45, 7) is 6.23. The topological polar surface area (TPSA) is 3.88 Å². The van der Waals surface area contributed by atoms with E-state index in [9.17, 15) is 4.39 Å². The molecule has 2 aromatic carbocycles. The Balaban J connectivity index is 2.32. The van der Waals surface area contributed by atoms with E-state index in [-0.39, 0.29) is 5.82 Å². The molecule has 1 heterocycles. The first kappa shape index (κ1) is 14.7. The predicted molar refractivity (Wildman–Crippen MR) is 89.4 cm³/mol. The van der Waals surface area contributed by atoms with E-state index in [1.807, 2.05) is 19.1 Å². The van der Waals surface area contributed by atoms with E-state index >= 15 is 0 Å². The van der Waals surface area contributed by atoms with E-state index in [0.29, 0.717) is 6.42 Å². The molecular formula is C20H21FN+. The Bertz CT molecular complexity index is 865. The van der Waals surface area contributed by atoms with Gasteiger partial charge in [0.2, 0.25) is 11.2 Å². The largest absolute Gasteiger partial charge is 0.213 e. The van der Waals surface area contributed by atoms with Crippen LogP contribution in [0.15, 0.2) is 42.5 Å². The van der Waals surface area contributed by atoms with E-state index in [1.165, 1.54) is 16.7 Å². The maximum Gasteiger partial charge on any atom is 0.213 e. The molecule has 0 fully saturated rings. The van der Waals surface area contributed by atoms with Crippen LogP contribution in [0.2, 0.25) is 0 Å². The average Bonchev–Trinajstić information content (AvgIpc) is 2.50. The normalized spacial score (nSPS) is 11.1. The lowest BCUT2D eigenvalue weighted by Crippen LogP contribution is -2.32. The molecule has 1 aromatic heterocycles. The van der Waals surface area contributed by atoms with Crippen molar-refractivity contribution in [3.8, 4) is 11.3 Å². The molecule has 0 atom stereocenters. The zero-order chi connectivity index (χ0) is 15.9. The van der Waals surface area contributed by atoms with Crippen molar-refractivity contribution in [3.05, 3.63) is 65.0 Å². The molecule has 0 aliphatic carbocycles. The van der Waals surface area contributed by atoms with Gasteiger partial charge < -0.3 is 0 Å². The molecule has 3 rings (SSSR count). The lowest BCUT2D eigenvalue weighted by atomic mass is 9.99. The third kappa shape index (κ3) is 2.29. The van der Waals surface area contributed by atoms with Gasteiger partial charge in [-0.05, 0) is 44.0 Å². The molecular weight excluding hydrogens is 273 g/mol. The van der Waals surface area contributed by atoms with E-state index in [1.54, 1.807) is 6.07 Å². The number of benzene rings is 2. The SMILES string of the molecule is CCc1c(F)ccc2c1ccc(-c1cc(C)ccc1C)[n+]2C. The van der Waals surface area contributed by atoms with Crippen LogP contribution in [-0.4, -0.2) is 0 Å². The summed E-state index contributed by atoms with van der Waals surface area (Å²) in [5.74, 6) is -0.116. The summed E-state index contributed by atoms with van der Waals surface area (Å²) in [7, 11) is 2.05. The number of rotatable bonds is 2. The number of hydrogen-bond donors (Lipinski definition) is 0. The van der Waals surface area contributed by atoms with E-state index in [4.69, 9.17) is 0 Å². The fourth-order valence-electron chi connectivity index (χ4n) is 3.15. The second kappa shape index (κ2) is 5.53. The van der Waals surface area contributed by atoms with Crippen LogP contribution < -0.4 is 4.57 Å². The quantitative estimate of drug-likeness (QED) is 0.606. The van der Waals surface area contributed by atoms with Crippen LogP contribution in [0.5, 0.6) is 0 Å². The van der Waals surface area contributed by atoms with Gasteiger partial charge in [-0.15, -0.1) is 0 Å². The van der Waals surface area contributed by atoms with Gasteiger partial charge >= 0.3 is 0 Å². The standard InChI is InChI=1S/C20H21FN/c1-5-15-16-8-10-20(17-12-13(2)6-7-14(17)3)22(4)19(16)11-9-18(15)21/h6-12H,5H2,1-4H3/q+1. The molecule has 0 radical (unpaired) electrons. The van der Waals surface area contributed by atoms with Crippen molar-refractivity contribution < 1.29 is 8.96 Å². The van der Waals surface area contributed by atoms with Crippen LogP contribution in [-0.2, 0) is 13.5 Å². The summed E-state index contributed by atoms with van der Waals surface area (Å²) in [4.78, 5) is 0. The summed E-state index contributed by atoms with van der Waals surface area (Å²) in [6.07, 6.45) is 0.700. The monoisotopic (exact) mass is 294 g/mol. The molecule has 0 N–H and O–H groups in total. The van der Waals surface area contributed by atoms with Crippen LogP contribution in [0.3, 0.4) is 0 Å². The van der Waals surface area contributed by atoms with Crippen molar-refractivity contribution in [1.82, 2.24) is 0 Å². The second-order valence-electron chi connectivity index (χ2n) is 5.91. The molecule has 1 nitrogen and oxygen atoms in total. The Hall–Kier alpha value is -2.22. The average molecular weight is 294 g/mol. The van der Waals surface area contributed by atoms with Crippen molar-refractivity contribution in [2.45, 2.75) is 27.2 Å². The Morgan fingerprint density at radius 1 is 1.00 bits per heavy atom. The van der Waals surface area contributed by atoms with Gasteiger partial charge in [0.15, 0.2) is 0 Å². The third-order valence-electron chi connectivity index (χ3n) is 4.43. The zero-order valence-corrected chi connectivity index (χ0v) is 13.6. The van der Waals surface area contributed by atoms with Crippen molar-refractivity contribution in [2.75, 3.05) is 0 Å². The maximum absolute atomic E-state index is 14.0. The fourth-order valence-corrected chi connectivity index (χ4v) is 3.15. The summed E-state index contributed by atoms with van der Waals surface area (Å²) in [6, 6.07) is 14.1. The van der Waals surface area contributed by atoms with Crippen LogP contribution in [0, 0.1) is 19.7 Å². The molecule has 22 heavy (non-hydrogen) atoms. The molecule has 3 aromatic rings. The molecule has 112 valence electrons. The van der Waals surface area contributed by atoms with Crippen molar-refractivity contribution in [3.63, 3.8) is 0 Å². The predicted octanol–water partition coefficient (Wildman–Crippen LogP) is 4.65. The first-order valence-electron chi connectivity index (χ1n) is 7.70. The van der Waals surface area contributed by atoms with Gasteiger partial charge in [0.1, 0.15) is 12.9 Å². The van der Waals surface area contributed by atoms with Gasteiger partial charge in [0.05, 0.1) is 5.39 Å². The summed E-state index contributed by atoms with van der Waals surface area (Å²) < 4.78 is 16.1. The number of aryl methyl sites for hydroxylation is 4. The van der Waals surface area contributed by atoms with E-state index < -0.39 is 0 Å². The lowest BCUT2D eigenvalue weighted by molar-refractivity contribution is -0.633. The smallest absolute Gasteiger partial charge is 0.207 e. The van der Waals surface area contributed by atoms with Crippen molar-refractivity contribution in [1.29, 1.82) is 0 Å². The number of fused-ring (bicyclic) bond motifs is 1. The summed E-state index contributed by atoms with van der Waals surface area (Å²) in [5.41, 5.74) is 6.74. The number of nitrogens with zero attached hydrogens (tertiary/aromatic N) is 1. The molecule has 0 saturated heterocycles. The molecule has 0 amide bonds. The van der Waals surface area contributed by atoms with Crippen LogP contribution in [0.4, 0.5) is 4.39 Å². The van der Waals surface area contributed by atoms with Crippen LogP contribution in [0.25, 0.3) is 22.2 Å². The van der Waals surface area contributed by atoms with Gasteiger partial charge in [-0.1, -0.05) is 24.6 Å². The number of aromatic nitrogens is 1. The number of halogens is 1. The van der Waals surface area contributed by atoms with Crippen molar-refractivity contribution in [2.24, 2.45) is 7.05 Å². The molecule has 0 spiro atoms. The Labute approximate surface area is 131 Å². The first-order valence-corrected chi connectivity index (χ1v) is 7.70. The molecule has 0 unspecified atom stereocenters. The van der Waals surface area contributed by atoms with Gasteiger partial charge in [0.25, 0.3) is 0 Å². The lowest BCUT2D eigenvalue weighted by Gasteiger charge is -2.09. The minimum atomic E-state index is -0.116. The molecule has 0 aliphatic rings. The number of hydrogen-bond acceptors (Lipinski definition) is 0. The van der Waals surface area contributed by atoms with Gasteiger partial charge in [-0.3, -0.25) is 0 Å². The van der Waals surface area contributed by atoms with E-state index in [0.717, 1.165) is 22.2 Å². The molecule has 2 heteroatoms. The van der Waals surface area contributed by atoms with Crippen LogP contribution >= 0.6 is 0 Å². The Morgan fingerprint density at radius 3 is 2.50 bits per heavy atom. The first-order chi connectivity index (χ1) is 10.5. The number of pyridine rings is 1.